The van der Waals surface area contributed by atoms with Gasteiger partial charge in [-0.2, -0.15) is 13.8 Å². The first-order chi connectivity index (χ1) is 11.0. The molecule has 0 atom stereocenters. The fraction of sp³-hybridized carbons (Fsp3) is 0.250. The second-order valence-electron chi connectivity index (χ2n) is 4.67. The van der Waals surface area contributed by atoms with E-state index >= 15 is 0 Å². The molecule has 0 aliphatic carbocycles. The van der Waals surface area contributed by atoms with Crippen LogP contribution in [0.3, 0.4) is 0 Å². The summed E-state index contributed by atoms with van der Waals surface area (Å²) >= 11 is 0. The van der Waals surface area contributed by atoms with Crippen molar-refractivity contribution in [2.45, 2.75) is 19.8 Å². The summed E-state index contributed by atoms with van der Waals surface area (Å²) in [5.74, 6) is -5.54. The first kappa shape index (κ1) is 16.8. The van der Waals surface area contributed by atoms with Crippen LogP contribution < -0.4 is 9.47 Å². The molecule has 4 nitrogen and oxygen atoms in total. The Kier molecular flexibility index (Phi) is 5.56. The molecule has 122 valence electrons. The summed E-state index contributed by atoms with van der Waals surface area (Å²) < 4.78 is 49.2. The van der Waals surface area contributed by atoms with E-state index in [1.54, 1.807) is 12.1 Å². The second kappa shape index (κ2) is 7.62. The maximum Gasteiger partial charge on any atom is 0.343 e. The van der Waals surface area contributed by atoms with Crippen molar-refractivity contribution in [3.05, 3.63) is 53.6 Å². The Morgan fingerprint density at radius 1 is 1.13 bits per heavy atom. The van der Waals surface area contributed by atoms with Crippen molar-refractivity contribution in [3.8, 4) is 11.5 Å². The van der Waals surface area contributed by atoms with E-state index in [0.29, 0.717) is 18.4 Å². The van der Waals surface area contributed by atoms with Crippen LogP contribution >= 0.6 is 0 Å². The molecule has 0 fully saturated rings. The molecular weight excluding hydrogens is 311 g/mol. The summed E-state index contributed by atoms with van der Waals surface area (Å²) in [7, 11) is 0. The quantitative estimate of drug-likeness (QED) is 0.459. The van der Waals surface area contributed by atoms with Crippen LogP contribution in [-0.4, -0.2) is 17.6 Å². The van der Waals surface area contributed by atoms with Gasteiger partial charge in [0.25, 0.3) is 11.9 Å². The largest absolute Gasteiger partial charge is 0.494 e. The molecule has 0 saturated heterocycles. The van der Waals surface area contributed by atoms with Gasteiger partial charge in [0.1, 0.15) is 5.75 Å². The molecule has 0 spiro atoms. The van der Waals surface area contributed by atoms with Crippen molar-refractivity contribution in [2.24, 2.45) is 0 Å². The minimum absolute atomic E-state index is 0.108. The van der Waals surface area contributed by atoms with E-state index in [-0.39, 0.29) is 5.56 Å². The van der Waals surface area contributed by atoms with Gasteiger partial charge in [-0.05, 0) is 30.7 Å². The second-order valence-corrected chi connectivity index (χ2v) is 4.67. The number of hydrogen-bond acceptors (Lipinski definition) is 4. The molecule has 1 heterocycles. The van der Waals surface area contributed by atoms with Gasteiger partial charge in [-0.25, -0.2) is 9.18 Å². The van der Waals surface area contributed by atoms with Gasteiger partial charge in [-0.1, -0.05) is 13.3 Å². The fourth-order valence-electron chi connectivity index (χ4n) is 1.68. The maximum absolute atomic E-state index is 13.3. The third-order valence-electron chi connectivity index (χ3n) is 2.91. The van der Waals surface area contributed by atoms with Crippen LogP contribution in [0.1, 0.15) is 30.1 Å². The van der Waals surface area contributed by atoms with Crippen molar-refractivity contribution in [1.29, 1.82) is 0 Å². The van der Waals surface area contributed by atoms with Crippen LogP contribution in [-0.2, 0) is 0 Å². The van der Waals surface area contributed by atoms with Crippen LogP contribution in [0.4, 0.5) is 13.2 Å². The molecule has 0 amide bonds. The van der Waals surface area contributed by atoms with E-state index in [1.807, 2.05) is 6.92 Å². The summed E-state index contributed by atoms with van der Waals surface area (Å²) in [5, 5.41) is 0. The SMILES string of the molecule is CCCCOc1ccc(C(=O)Oc2cc(F)c(F)nc2F)cc1. The van der Waals surface area contributed by atoms with Gasteiger partial charge in [0, 0.05) is 6.07 Å². The molecular formula is C16H14F3NO3. The monoisotopic (exact) mass is 325 g/mol. The highest BCUT2D eigenvalue weighted by Gasteiger charge is 2.17. The number of unbranched alkanes of at least 4 members (excludes halogenated alkanes) is 1. The number of nitrogens with zero attached hydrogens (tertiary/aromatic N) is 1. The highest BCUT2D eigenvalue weighted by molar-refractivity contribution is 5.91. The minimum atomic E-state index is -1.60. The number of esters is 1. The average molecular weight is 325 g/mol. The first-order valence-electron chi connectivity index (χ1n) is 6.98. The fourth-order valence-corrected chi connectivity index (χ4v) is 1.68. The van der Waals surface area contributed by atoms with E-state index in [0.717, 1.165) is 12.8 Å². The average Bonchev–Trinajstić information content (AvgIpc) is 2.53. The smallest absolute Gasteiger partial charge is 0.343 e. The molecule has 0 unspecified atom stereocenters. The maximum atomic E-state index is 13.3. The lowest BCUT2D eigenvalue weighted by atomic mass is 10.2. The lowest BCUT2D eigenvalue weighted by Gasteiger charge is -2.07. The first-order valence-corrected chi connectivity index (χ1v) is 6.98. The Hall–Kier alpha value is -2.57. The highest BCUT2D eigenvalue weighted by Crippen LogP contribution is 2.20. The molecule has 23 heavy (non-hydrogen) atoms. The van der Waals surface area contributed by atoms with Crippen molar-refractivity contribution in [2.75, 3.05) is 6.61 Å². The number of carbonyl (C=O) groups excluding carboxylic acids is 1. The van der Waals surface area contributed by atoms with Crippen molar-refractivity contribution < 1.29 is 27.4 Å². The number of halogens is 3. The van der Waals surface area contributed by atoms with Crippen LogP contribution in [0.25, 0.3) is 0 Å². The molecule has 0 N–H and O–H groups in total. The third kappa shape index (κ3) is 4.45. The Morgan fingerprint density at radius 3 is 2.48 bits per heavy atom. The van der Waals surface area contributed by atoms with Gasteiger partial charge >= 0.3 is 5.97 Å². The van der Waals surface area contributed by atoms with E-state index < -0.39 is 29.4 Å². The van der Waals surface area contributed by atoms with Crippen molar-refractivity contribution in [3.63, 3.8) is 0 Å². The normalized spacial score (nSPS) is 10.4. The summed E-state index contributed by atoms with van der Waals surface area (Å²) in [4.78, 5) is 14.5. The van der Waals surface area contributed by atoms with Crippen LogP contribution in [0.5, 0.6) is 11.5 Å². The zero-order valence-corrected chi connectivity index (χ0v) is 12.3. The summed E-state index contributed by atoms with van der Waals surface area (Å²) in [5.41, 5.74) is 0.108. The van der Waals surface area contributed by atoms with Gasteiger partial charge in [0.2, 0.25) is 0 Å². The molecule has 0 aliphatic heterocycles. The van der Waals surface area contributed by atoms with Crippen molar-refractivity contribution in [1.82, 2.24) is 4.98 Å². The number of ether oxygens (including phenoxy) is 2. The molecule has 2 aromatic rings. The number of benzene rings is 1. The summed E-state index contributed by atoms with van der Waals surface area (Å²) in [6.45, 7) is 2.60. The highest BCUT2D eigenvalue weighted by atomic mass is 19.2. The van der Waals surface area contributed by atoms with Gasteiger partial charge in [-0.3, -0.25) is 0 Å². The topological polar surface area (TPSA) is 48.4 Å². The van der Waals surface area contributed by atoms with Crippen molar-refractivity contribution >= 4 is 5.97 Å². The molecule has 1 aromatic carbocycles. The summed E-state index contributed by atoms with van der Waals surface area (Å²) in [6.07, 6.45) is 1.91. The van der Waals surface area contributed by atoms with Gasteiger partial charge in [0.05, 0.1) is 12.2 Å². The zero-order chi connectivity index (χ0) is 16.8. The number of aromatic nitrogens is 1. The van der Waals surface area contributed by atoms with E-state index in [9.17, 15) is 18.0 Å². The summed E-state index contributed by atoms with van der Waals surface area (Å²) in [6, 6.07) is 6.40. The lowest BCUT2D eigenvalue weighted by molar-refractivity contribution is 0.0724. The van der Waals surface area contributed by atoms with Crippen LogP contribution in [0, 0.1) is 17.7 Å². The number of pyridine rings is 1. The predicted octanol–water partition coefficient (Wildman–Crippen LogP) is 3.90. The van der Waals surface area contributed by atoms with Crippen LogP contribution in [0.2, 0.25) is 0 Å². The Morgan fingerprint density at radius 2 is 1.83 bits per heavy atom. The molecule has 7 heteroatoms. The number of carbonyl (C=O) groups is 1. The molecule has 0 bridgehead atoms. The van der Waals surface area contributed by atoms with E-state index in [1.165, 1.54) is 12.1 Å². The Labute approximate surface area is 130 Å². The molecule has 0 aliphatic rings. The van der Waals surface area contributed by atoms with E-state index in [4.69, 9.17) is 4.74 Å². The molecule has 2 rings (SSSR count). The molecule has 1 aromatic heterocycles. The zero-order valence-electron chi connectivity index (χ0n) is 12.3. The Bertz CT molecular complexity index is 690. The van der Waals surface area contributed by atoms with E-state index in [2.05, 4.69) is 9.72 Å². The van der Waals surface area contributed by atoms with Crippen LogP contribution in [0.15, 0.2) is 30.3 Å². The lowest BCUT2D eigenvalue weighted by Crippen LogP contribution is -2.11. The Balaban J connectivity index is 2.05. The number of rotatable bonds is 6. The number of hydrogen-bond donors (Lipinski definition) is 0. The predicted molar refractivity (Wildman–Crippen MR) is 75.9 cm³/mol. The molecule has 0 saturated carbocycles. The molecule has 0 radical (unpaired) electrons. The standard InChI is InChI=1S/C16H14F3NO3/c1-2-3-8-22-11-6-4-10(5-7-11)16(21)23-13-9-12(17)14(18)20-15(13)19/h4-7,9H,2-3,8H2,1H3. The third-order valence-corrected chi connectivity index (χ3v) is 2.91. The van der Waals surface area contributed by atoms with Gasteiger partial charge in [0.15, 0.2) is 11.6 Å². The van der Waals surface area contributed by atoms with Gasteiger partial charge < -0.3 is 9.47 Å². The van der Waals surface area contributed by atoms with Gasteiger partial charge in [-0.15, -0.1) is 0 Å². The minimum Gasteiger partial charge on any atom is -0.494 e.